The fourth-order valence-electron chi connectivity index (χ4n) is 3.61. The summed E-state index contributed by atoms with van der Waals surface area (Å²) in [6.07, 6.45) is 2.71. The number of ether oxygens (including phenoxy) is 2. The number of hydrogen-bond acceptors (Lipinski definition) is 9. The van der Waals surface area contributed by atoms with E-state index >= 15 is 0 Å². The van der Waals surface area contributed by atoms with E-state index in [1.54, 1.807) is 24.3 Å². The van der Waals surface area contributed by atoms with E-state index in [-0.39, 0.29) is 23.2 Å². The highest BCUT2D eigenvalue weighted by Gasteiger charge is 2.20. The number of anilines is 1. The highest BCUT2D eigenvalue weighted by molar-refractivity contribution is 6.04. The summed E-state index contributed by atoms with van der Waals surface area (Å²) in [5.74, 6) is -0.424. The molecule has 1 aliphatic heterocycles. The molecule has 0 aliphatic carbocycles. The molecule has 0 unspecified atom stereocenters. The Bertz CT molecular complexity index is 1010. The minimum atomic E-state index is -0.515. The topological polar surface area (TPSA) is 164 Å². The van der Waals surface area contributed by atoms with Crippen LogP contribution in [0.1, 0.15) is 37.6 Å². The van der Waals surface area contributed by atoms with Crippen molar-refractivity contribution in [3.05, 3.63) is 53.7 Å². The Hall–Kier alpha value is -3.77. The lowest BCUT2D eigenvalue weighted by atomic mass is 10.1. The van der Waals surface area contributed by atoms with Crippen molar-refractivity contribution in [2.24, 2.45) is 11.5 Å². The Balaban J connectivity index is 1.75. The van der Waals surface area contributed by atoms with Crippen molar-refractivity contribution in [1.29, 1.82) is 0 Å². The number of hydrogen-bond donors (Lipinski definition) is 5. The van der Waals surface area contributed by atoms with Gasteiger partial charge in [-0.3, -0.25) is 14.5 Å². The maximum absolute atomic E-state index is 12.7. The van der Waals surface area contributed by atoms with Gasteiger partial charge in [-0.15, -0.1) is 0 Å². The lowest BCUT2D eigenvalue weighted by molar-refractivity contribution is -0.116. The van der Waals surface area contributed by atoms with Gasteiger partial charge in [0.1, 0.15) is 11.4 Å². The van der Waals surface area contributed by atoms with Gasteiger partial charge < -0.3 is 41.8 Å². The van der Waals surface area contributed by atoms with Crippen LogP contribution in [-0.4, -0.2) is 86.2 Å². The molecule has 7 N–H and O–H groups in total. The normalized spacial score (nSPS) is 15.5. The van der Waals surface area contributed by atoms with E-state index in [1.807, 2.05) is 20.8 Å². The highest BCUT2D eigenvalue weighted by Crippen LogP contribution is 2.16. The average molecular weight is 532 g/mol. The lowest BCUT2D eigenvalue weighted by Gasteiger charge is -2.34. The third-order valence-corrected chi connectivity index (χ3v) is 5.58. The van der Waals surface area contributed by atoms with Crippen molar-refractivity contribution >= 4 is 23.6 Å². The van der Waals surface area contributed by atoms with Gasteiger partial charge in [0, 0.05) is 58.3 Å². The molecule has 38 heavy (non-hydrogen) atoms. The van der Waals surface area contributed by atoms with Crippen LogP contribution in [0.2, 0.25) is 0 Å². The third-order valence-electron chi connectivity index (χ3n) is 5.58. The second-order valence-electron chi connectivity index (χ2n) is 9.81. The summed E-state index contributed by atoms with van der Waals surface area (Å²) in [6, 6.07) is 6.72. The molecule has 1 fully saturated rings. The minimum Gasteiger partial charge on any atom is -0.483 e. The first-order valence-electron chi connectivity index (χ1n) is 12.6. The zero-order valence-corrected chi connectivity index (χ0v) is 22.7. The number of benzene rings is 1. The van der Waals surface area contributed by atoms with Crippen LogP contribution >= 0.6 is 0 Å². The molecule has 0 aromatic heterocycles. The smallest absolute Gasteiger partial charge is 0.407 e. The molecule has 1 aliphatic rings. The summed E-state index contributed by atoms with van der Waals surface area (Å²) < 4.78 is 10.1. The minimum absolute atomic E-state index is 0.0795. The summed E-state index contributed by atoms with van der Waals surface area (Å²) >= 11 is 0. The Labute approximate surface area is 224 Å². The molecule has 12 heteroatoms. The van der Waals surface area contributed by atoms with Crippen molar-refractivity contribution in [2.75, 3.05) is 58.2 Å². The monoisotopic (exact) mass is 531 g/mol. The second-order valence-corrected chi connectivity index (χ2v) is 9.81. The van der Waals surface area contributed by atoms with Crippen molar-refractivity contribution in [3.63, 3.8) is 0 Å². The van der Waals surface area contributed by atoms with Gasteiger partial charge in [0.05, 0.1) is 18.4 Å². The number of alkyl carbamates (subject to hydrolysis) is 1. The molecular formula is C26H41N7O5. The van der Waals surface area contributed by atoms with E-state index in [1.165, 1.54) is 19.3 Å². The molecule has 0 bridgehead atoms. The number of amides is 3. The maximum Gasteiger partial charge on any atom is 0.407 e. The van der Waals surface area contributed by atoms with Gasteiger partial charge in [-0.2, -0.15) is 0 Å². The van der Waals surface area contributed by atoms with Gasteiger partial charge >= 0.3 is 6.09 Å². The number of methoxy groups -OCH3 is 1. The molecule has 0 radical (unpaired) electrons. The molecule has 1 heterocycles. The van der Waals surface area contributed by atoms with Crippen molar-refractivity contribution in [3.8, 4) is 0 Å². The molecular weight excluding hydrogens is 490 g/mol. The maximum atomic E-state index is 12.7. The molecule has 12 nitrogen and oxygen atoms in total. The first-order valence-corrected chi connectivity index (χ1v) is 12.6. The van der Waals surface area contributed by atoms with Gasteiger partial charge in [0.25, 0.3) is 5.91 Å². The summed E-state index contributed by atoms with van der Waals surface area (Å²) in [6.45, 7) is 10.7. The van der Waals surface area contributed by atoms with Gasteiger partial charge in [0.2, 0.25) is 5.91 Å². The van der Waals surface area contributed by atoms with Crippen LogP contribution in [0.5, 0.6) is 0 Å². The van der Waals surface area contributed by atoms with Crippen LogP contribution in [0.4, 0.5) is 10.5 Å². The Kier molecular flexibility index (Phi) is 11.9. The molecule has 0 atom stereocenters. The number of nitrogens with one attached hydrogen (secondary N) is 3. The Morgan fingerprint density at radius 2 is 1.63 bits per heavy atom. The van der Waals surface area contributed by atoms with E-state index in [4.69, 9.17) is 20.9 Å². The van der Waals surface area contributed by atoms with Crippen molar-refractivity contribution in [1.82, 2.24) is 20.4 Å². The van der Waals surface area contributed by atoms with Crippen LogP contribution in [0.3, 0.4) is 0 Å². The van der Waals surface area contributed by atoms with E-state index in [0.717, 1.165) is 32.7 Å². The van der Waals surface area contributed by atoms with Gasteiger partial charge in [-0.25, -0.2) is 4.79 Å². The van der Waals surface area contributed by atoms with E-state index in [2.05, 4.69) is 25.8 Å². The summed E-state index contributed by atoms with van der Waals surface area (Å²) in [4.78, 5) is 41.5. The SMILES string of the molecule is CO/C(N)=C/C=C(\N)NC(=O)c1ccccc1NC(=O)CCN1CCN(CCNC(=O)OC(C)(C)C)CC1. The Morgan fingerprint density at radius 1 is 1.00 bits per heavy atom. The molecule has 210 valence electrons. The fourth-order valence-corrected chi connectivity index (χ4v) is 3.61. The molecule has 3 amide bonds. The summed E-state index contributed by atoms with van der Waals surface area (Å²) in [5, 5.41) is 8.16. The number of nitrogens with two attached hydrogens (primary N) is 2. The molecule has 1 aromatic carbocycles. The molecule has 0 spiro atoms. The largest absolute Gasteiger partial charge is 0.483 e. The van der Waals surface area contributed by atoms with Crippen LogP contribution in [-0.2, 0) is 14.3 Å². The quantitative estimate of drug-likeness (QED) is 0.208. The average Bonchev–Trinajstić information content (AvgIpc) is 2.86. The number of piperazine rings is 1. The second kappa shape index (κ2) is 14.8. The van der Waals surface area contributed by atoms with Crippen LogP contribution in [0, 0.1) is 0 Å². The standard InChI is InChI=1S/C26H41N7O5/c1-26(2,3)38-25(36)29-12-14-33-17-15-32(16-18-33)13-11-23(34)30-20-8-6-5-7-19(20)24(35)31-21(27)9-10-22(28)37-4/h5-10H,11-18,27-28H2,1-4H3,(H,29,36)(H,30,34)(H,31,35)/b21-9+,22-10+. The van der Waals surface area contributed by atoms with Gasteiger partial charge in [0.15, 0.2) is 5.88 Å². The zero-order valence-electron chi connectivity index (χ0n) is 22.7. The molecule has 0 saturated carbocycles. The van der Waals surface area contributed by atoms with E-state index in [0.29, 0.717) is 25.2 Å². The van der Waals surface area contributed by atoms with E-state index in [9.17, 15) is 14.4 Å². The summed E-state index contributed by atoms with van der Waals surface area (Å²) in [5.41, 5.74) is 11.5. The van der Waals surface area contributed by atoms with Crippen LogP contribution in [0.15, 0.2) is 48.1 Å². The van der Waals surface area contributed by atoms with Crippen molar-refractivity contribution in [2.45, 2.75) is 32.8 Å². The lowest BCUT2D eigenvalue weighted by Crippen LogP contribution is -2.49. The number of allylic oxidation sites excluding steroid dienone is 2. The predicted octanol–water partition coefficient (Wildman–Crippen LogP) is 1.13. The summed E-state index contributed by atoms with van der Waals surface area (Å²) in [7, 11) is 1.42. The third kappa shape index (κ3) is 11.5. The molecule has 2 rings (SSSR count). The number of nitrogens with zero attached hydrogens (tertiary/aromatic N) is 2. The molecule has 1 saturated heterocycles. The predicted molar refractivity (Wildman–Crippen MR) is 146 cm³/mol. The first kappa shape index (κ1) is 30.5. The van der Waals surface area contributed by atoms with Crippen LogP contribution < -0.4 is 27.4 Å². The number of carbonyl (C=O) groups excluding carboxylic acids is 3. The van der Waals surface area contributed by atoms with Crippen molar-refractivity contribution < 1.29 is 23.9 Å². The zero-order chi connectivity index (χ0) is 28.1. The van der Waals surface area contributed by atoms with Crippen LogP contribution in [0.25, 0.3) is 0 Å². The number of para-hydroxylation sites is 1. The van der Waals surface area contributed by atoms with E-state index < -0.39 is 17.6 Å². The van der Waals surface area contributed by atoms with Gasteiger partial charge in [-0.05, 0) is 39.0 Å². The number of carbonyl (C=O) groups is 3. The first-order chi connectivity index (χ1) is 18.0. The highest BCUT2D eigenvalue weighted by atomic mass is 16.6. The fraction of sp³-hybridized carbons (Fsp3) is 0.500. The van der Waals surface area contributed by atoms with Gasteiger partial charge in [-0.1, -0.05) is 12.1 Å². The molecule has 1 aromatic rings. The Morgan fingerprint density at radius 3 is 2.26 bits per heavy atom. The number of rotatable bonds is 11.